The summed E-state index contributed by atoms with van der Waals surface area (Å²) in [5.41, 5.74) is 0.294. The fourth-order valence-electron chi connectivity index (χ4n) is 3.51. The van der Waals surface area contributed by atoms with E-state index in [0.29, 0.717) is 49.5 Å². The predicted octanol–water partition coefficient (Wildman–Crippen LogP) is 1.36. The number of benzene rings is 1. The van der Waals surface area contributed by atoms with Crippen molar-refractivity contribution in [2.24, 2.45) is 0 Å². The van der Waals surface area contributed by atoms with Crippen LogP contribution in [0.25, 0.3) is 0 Å². The number of piperidine rings is 2. The summed E-state index contributed by atoms with van der Waals surface area (Å²) in [5.74, 6) is -1.62. The number of aliphatic carboxylic acids is 1. The fraction of sp³-hybridized carbons (Fsp3) is 0.500. The lowest BCUT2D eigenvalue weighted by molar-refractivity contribution is -0.143. The van der Waals surface area contributed by atoms with Crippen LogP contribution in [0.3, 0.4) is 0 Å². The molecule has 2 aliphatic heterocycles. The Balaban J connectivity index is 1.63. The molecule has 3 rings (SSSR count). The lowest BCUT2D eigenvalue weighted by Crippen LogP contribution is -2.47. The molecule has 0 radical (unpaired) electrons. The molecule has 2 fully saturated rings. The van der Waals surface area contributed by atoms with Gasteiger partial charge in [0, 0.05) is 25.2 Å². The third-order valence-corrected chi connectivity index (χ3v) is 5.35. The third-order valence-electron chi connectivity index (χ3n) is 5.04. The highest BCUT2D eigenvalue weighted by atomic mass is 35.5. The molecule has 2 amide bonds. The minimum absolute atomic E-state index is 0.261. The summed E-state index contributed by atoms with van der Waals surface area (Å²) in [6.07, 6.45) is 1.17. The molecule has 27 heavy (non-hydrogen) atoms. The molecule has 0 aliphatic carbocycles. The van der Waals surface area contributed by atoms with Crippen LogP contribution >= 0.6 is 11.6 Å². The quantitative estimate of drug-likeness (QED) is 0.556. The van der Waals surface area contributed by atoms with Crippen molar-refractivity contribution in [2.45, 2.75) is 43.7 Å². The topological polar surface area (TPSA) is 119 Å². The van der Waals surface area contributed by atoms with E-state index in [1.165, 1.54) is 0 Å². The predicted molar refractivity (Wildman–Crippen MR) is 99.9 cm³/mol. The first-order valence-corrected chi connectivity index (χ1v) is 9.22. The zero-order valence-electron chi connectivity index (χ0n) is 14.7. The lowest BCUT2D eigenvalue weighted by atomic mass is 9.88. The van der Waals surface area contributed by atoms with Crippen molar-refractivity contribution in [3.63, 3.8) is 0 Å². The molecule has 0 bridgehead atoms. The van der Waals surface area contributed by atoms with Gasteiger partial charge >= 0.3 is 5.97 Å². The third kappa shape index (κ3) is 4.70. The van der Waals surface area contributed by atoms with E-state index in [0.717, 1.165) is 5.69 Å². The van der Waals surface area contributed by atoms with E-state index >= 15 is 0 Å². The molecular formula is C18H22ClN3O5. The van der Waals surface area contributed by atoms with Crippen LogP contribution in [0.5, 0.6) is 0 Å². The molecule has 4 N–H and O–H groups in total. The first kappa shape index (κ1) is 19.4. The average molecular weight is 396 g/mol. The number of carbonyl (C=O) groups excluding carboxylic acids is 2. The summed E-state index contributed by atoms with van der Waals surface area (Å²) >= 11 is 6.40. The molecule has 2 heterocycles. The van der Waals surface area contributed by atoms with E-state index in [4.69, 9.17) is 16.7 Å². The smallest absolute Gasteiger partial charge is 0.306 e. The van der Waals surface area contributed by atoms with Crippen LogP contribution in [0.15, 0.2) is 18.2 Å². The Morgan fingerprint density at radius 3 is 2.63 bits per heavy atom. The first-order valence-electron chi connectivity index (χ1n) is 8.85. The number of aliphatic hydroxyl groups is 1. The molecule has 9 heteroatoms. The SMILES string of the molecule is O=C(O)CC1(O)CCN(c2ccc(N[C@H]3CCC(=O)NC3=O)cc2Cl)CC1. The van der Waals surface area contributed by atoms with Gasteiger partial charge < -0.3 is 20.4 Å². The van der Waals surface area contributed by atoms with Gasteiger partial charge in [0.2, 0.25) is 11.8 Å². The Hall–Kier alpha value is -2.32. The maximum atomic E-state index is 11.8. The number of carboxylic acid groups (broad SMARTS) is 1. The van der Waals surface area contributed by atoms with E-state index in [-0.39, 0.29) is 18.2 Å². The summed E-state index contributed by atoms with van der Waals surface area (Å²) in [6, 6.07) is 4.88. The summed E-state index contributed by atoms with van der Waals surface area (Å²) in [4.78, 5) is 35.9. The standard InChI is InChI=1S/C18H22ClN3O5/c19-12-9-11(20-13-2-4-15(23)21-17(13)26)1-3-14(12)22-7-5-18(27,6-8-22)10-16(24)25/h1,3,9,13,20,27H,2,4-8,10H2,(H,24,25)(H,21,23,26)/t13-/m0/s1. The van der Waals surface area contributed by atoms with Gasteiger partial charge in [-0.2, -0.15) is 0 Å². The largest absolute Gasteiger partial charge is 0.481 e. The summed E-state index contributed by atoms with van der Waals surface area (Å²) in [7, 11) is 0. The van der Waals surface area contributed by atoms with Gasteiger partial charge in [-0.1, -0.05) is 11.6 Å². The Morgan fingerprint density at radius 1 is 1.33 bits per heavy atom. The zero-order chi connectivity index (χ0) is 19.6. The van der Waals surface area contributed by atoms with Crippen molar-refractivity contribution >= 4 is 40.8 Å². The van der Waals surface area contributed by atoms with Gasteiger partial charge in [0.15, 0.2) is 0 Å². The number of hydrogen-bond donors (Lipinski definition) is 4. The van der Waals surface area contributed by atoms with Crippen LogP contribution < -0.4 is 15.5 Å². The molecule has 2 saturated heterocycles. The van der Waals surface area contributed by atoms with Crippen LogP contribution in [0.4, 0.5) is 11.4 Å². The zero-order valence-corrected chi connectivity index (χ0v) is 15.5. The molecule has 8 nitrogen and oxygen atoms in total. The van der Waals surface area contributed by atoms with E-state index < -0.39 is 17.6 Å². The Bertz CT molecular complexity index is 761. The monoisotopic (exact) mass is 395 g/mol. The minimum atomic E-state index is -1.18. The van der Waals surface area contributed by atoms with Gasteiger partial charge in [-0.05, 0) is 37.5 Å². The van der Waals surface area contributed by atoms with E-state index in [2.05, 4.69) is 10.6 Å². The Labute approximate surface area is 161 Å². The highest BCUT2D eigenvalue weighted by Crippen LogP contribution is 2.34. The van der Waals surface area contributed by atoms with Crippen molar-refractivity contribution in [1.82, 2.24) is 5.32 Å². The number of imide groups is 1. The molecule has 0 unspecified atom stereocenters. The van der Waals surface area contributed by atoms with Gasteiger partial charge in [0.05, 0.1) is 22.7 Å². The number of anilines is 2. The van der Waals surface area contributed by atoms with E-state index in [9.17, 15) is 19.5 Å². The van der Waals surface area contributed by atoms with Gasteiger partial charge in [0.25, 0.3) is 0 Å². The van der Waals surface area contributed by atoms with Crippen LogP contribution in [0, 0.1) is 0 Å². The molecule has 0 spiro atoms. The van der Waals surface area contributed by atoms with Crippen molar-refractivity contribution in [1.29, 1.82) is 0 Å². The molecule has 1 aromatic carbocycles. The van der Waals surface area contributed by atoms with E-state index in [1.54, 1.807) is 6.07 Å². The number of carbonyl (C=O) groups is 3. The number of hydrogen-bond acceptors (Lipinski definition) is 6. The van der Waals surface area contributed by atoms with Gasteiger partial charge in [-0.3, -0.25) is 19.7 Å². The van der Waals surface area contributed by atoms with Crippen molar-refractivity contribution < 1.29 is 24.6 Å². The highest BCUT2D eigenvalue weighted by molar-refractivity contribution is 6.33. The van der Waals surface area contributed by atoms with Gasteiger partial charge in [-0.25, -0.2) is 0 Å². The second kappa shape index (κ2) is 7.74. The first-order chi connectivity index (χ1) is 12.8. The second-order valence-corrected chi connectivity index (χ2v) is 7.50. The van der Waals surface area contributed by atoms with Gasteiger partial charge in [-0.15, -0.1) is 0 Å². The van der Waals surface area contributed by atoms with Crippen molar-refractivity contribution in [2.75, 3.05) is 23.3 Å². The Kier molecular flexibility index (Phi) is 5.57. The van der Waals surface area contributed by atoms with Crippen LogP contribution in [-0.4, -0.2) is 52.7 Å². The number of amides is 2. The maximum absolute atomic E-state index is 11.8. The van der Waals surface area contributed by atoms with E-state index in [1.807, 2.05) is 17.0 Å². The number of halogens is 1. The van der Waals surface area contributed by atoms with Crippen LogP contribution in [0.1, 0.15) is 32.1 Å². The molecule has 2 aliphatic rings. The number of nitrogens with one attached hydrogen (secondary N) is 2. The van der Waals surface area contributed by atoms with Crippen molar-refractivity contribution in [3.05, 3.63) is 23.2 Å². The Morgan fingerprint density at radius 2 is 2.04 bits per heavy atom. The lowest BCUT2D eigenvalue weighted by Gasteiger charge is -2.39. The summed E-state index contributed by atoms with van der Waals surface area (Å²) in [5, 5.41) is 25.1. The molecule has 0 saturated carbocycles. The summed E-state index contributed by atoms with van der Waals surface area (Å²) < 4.78 is 0. The summed E-state index contributed by atoms with van der Waals surface area (Å²) in [6.45, 7) is 1.01. The normalized spacial score (nSPS) is 22.3. The molecule has 1 aromatic rings. The fourth-order valence-corrected chi connectivity index (χ4v) is 3.81. The van der Waals surface area contributed by atoms with Crippen molar-refractivity contribution in [3.8, 4) is 0 Å². The second-order valence-electron chi connectivity index (χ2n) is 7.10. The molecule has 1 atom stereocenters. The average Bonchev–Trinajstić information content (AvgIpc) is 2.58. The number of nitrogens with zero attached hydrogens (tertiary/aromatic N) is 1. The van der Waals surface area contributed by atoms with Gasteiger partial charge in [0.1, 0.15) is 6.04 Å². The minimum Gasteiger partial charge on any atom is -0.481 e. The van der Waals surface area contributed by atoms with Crippen LogP contribution in [-0.2, 0) is 14.4 Å². The van der Waals surface area contributed by atoms with Crippen LogP contribution in [0.2, 0.25) is 5.02 Å². The highest BCUT2D eigenvalue weighted by Gasteiger charge is 2.35. The number of carboxylic acids is 1. The molecule has 146 valence electrons. The molecule has 0 aromatic heterocycles. The maximum Gasteiger partial charge on any atom is 0.306 e. The molecular weight excluding hydrogens is 374 g/mol. The number of rotatable bonds is 5.